The van der Waals surface area contributed by atoms with Crippen molar-refractivity contribution in [1.29, 1.82) is 0 Å². The summed E-state index contributed by atoms with van der Waals surface area (Å²) in [5, 5.41) is 7.88. The lowest BCUT2D eigenvalue weighted by molar-refractivity contribution is 0.293. The monoisotopic (exact) mass is 871 g/mol. The van der Waals surface area contributed by atoms with E-state index in [-0.39, 0.29) is 0 Å². The fourth-order valence-corrected chi connectivity index (χ4v) is 10.9. The van der Waals surface area contributed by atoms with E-state index in [4.69, 9.17) is 0 Å². The molecule has 0 spiro atoms. The molecular formula is C60H66N6. The molecule has 0 amide bonds. The van der Waals surface area contributed by atoms with Crippen LogP contribution in [0, 0.1) is 0 Å². The van der Waals surface area contributed by atoms with Crippen molar-refractivity contribution >= 4 is 65.4 Å². The summed E-state index contributed by atoms with van der Waals surface area (Å²) in [6, 6.07) is 55.8. The van der Waals surface area contributed by atoms with Gasteiger partial charge in [0.25, 0.3) is 0 Å². The third kappa shape index (κ3) is 7.99. The summed E-state index contributed by atoms with van der Waals surface area (Å²) in [6.45, 7) is 26.0. The number of benzene rings is 7. The van der Waals surface area contributed by atoms with Crippen LogP contribution in [0.15, 0.2) is 146 Å². The Hall–Kier alpha value is -6.18. The van der Waals surface area contributed by atoms with Gasteiger partial charge in [0.05, 0.1) is 0 Å². The molecule has 6 heteroatoms. The lowest BCUT2D eigenvalue weighted by atomic mass is 9.92. The van der Waals surface area contributed by atoms with Crippen LogP contribution in [-0.2, 0) is 19.6 Å². The largest absolute Gasteiger partial charge is 0.339 e. The first-order chi connectivity index (χ1) is 32.4. The van der Waals surface area contributed by atoms with Gasteiger partial charge in [-0.3, -0.25) is 0 Å². The van der Waals surface area contributed by atoms with E-state index in [1.54, 1.807) is 0 Å². The van der Waals surface area contributed by atoms with Crippen LogP contribution < -0.4 is 0 Å². The standard InChI is InChI=1S/C60H66N6/c1-7-61(8-2)31-34-64-55-22-16-13-19-49(55)52-40-43(25-28-58(52)64)46-37-47(44-26-29-59-53(41-44)50-20-14-17-23-56(50)65(59)35-32-62(9-3)10-4)39-48(38-46)45-27-30-60-54(42-45)51-21-15-18-24-57(51)66(60)36-33-63(11-5)12-6/h13-30,37-42H,7-12,31-36H2,1-6H3. The Bertz CT molecular complexity index is 2950. The van der Waals surface area contributed by atoms with Crippen molar-refractivity contribution in [1.82, 2.24) is 28.4 Å². The molecule has 0 N–H and O–H groups in total. The highest BCUT2D eigenvalue weighted by Gasteiger charge is 2.18. The zero-order valence-corrected chi connectivity index (χ0v) is 40.0. The zero-order chi connectivity index (χ0) is 45.3. The smallest absolute Gasteiger partial charge is 0.0492 e. The van der Waals surface area contributed by atoms with Gasteiger partial charge < -0.3 is 28.4 Å². The molecule has 10 aromatic rings. The van der Waals surface area contributed by atoms with E-state index in [9.17, 15) is 0 Å². The fraction of sp³-hybridized carbons (Fsp3) is 0.300. The number of hydrogen-bond donors (Lipinski definition) is 0. The highest BCUT2D eigenvalue weighted by atomic mass is 15.2. The molecule has 0 fully saturated rings. The Kier molecular flexibility index (Phi) is 12.6. The Morgan fingerprint density at radius 3 is 0.803 bits per heavy atom. The van der Waals surface area contributed by atoms with Gasteiger partial charge in [-0.15, -0.1) is 0 Å². The molecule has 0 aliphatic rings. The molecule has 7 aromatic carbocycles. The maximum atomic E-state index is 2.54. The molecule has 0 saturated carbocycles. The Labute approximate surface area is 391 Å². The average molecular weight is 871 g/mol. The lowest BCUT2D eigenvalue weighted by Gasteiger charge is -2.19. The van der Waals surface area contributed by atoms with E-state index in [0.29, 0.717) is 0 Å². The van der Waals surface area contributed by atoms with E-state index in [1.807, 2.05) is 0 Å². The summed E-state index contributed by atoms with van der Waals surface area (Å²) in [5.41, 5.74) is 15.2. The van der Waals surface area contributed by atoms with Crippen LogP contribution in [0.25, 0.3) is 98.8 Å². The molecule has 66 heavy (non-hydrogen) atoms. The van der Waals surface area contributed by atoms with Gasteiger partial charge in [0.2, 0.25) is 0 Å². The van der Waals surface area contributed by atoms with Crippen molar-refractivity contribution in [3.8, 4) is 33.4 Å². The molecule has 0 aliphatic heterocycles. The highest BCUT2D eigenvalue weighted by Crippen LogP contribution is 2.40. The van der Waals surface area contributed by atoms with Crippen LogP contribution in [0.4, 0.5) is 0 Å². The molecule has 6 nitrogen and oxygen atoms in total. The molecule has 0 radical (unpaired) electrons. The third-order valence-electron chi connectivity index (χ3n) is 14.9. The molecule has 0 unspecified atom stereocenters. The number of rotatable bonds is 18. The topological polar surface area (TPSA) is 24.5 Å². The third-order valence-corrected chi connectivity index (χ3v) is 14.9. The first kappa shape index (κ1) is 43.7. The normalized spacial score (nSPS) is 12.3. The number of likely N-dealkylation sites (N-methyl/N-ethyl adjacent to an activating group) is 3. The van der Waals surface area contributed by atoms with Crippen molar-refractivity contribution in [3.05, 3.63) is 146 Å². The van der Waals surface area contributed by atoms with Crippen LogP contribution in [-0.4, -0.2) is 87.3 Å². The SMILES string of the molecule is CCN(CC)CCn1c2ccccc2c2cc(-c3cc(-c4ccc5c(c4)c4ccccc4n5CCN(CC)CC)cc(-c4ccc5c(c4)c4ccccc4n5CCN(CC)CC)c3)ccc21. The first-order valence-electron chi connectivity index (χ1n) is 24.8. The van der Waals surface area contributed by atoms with Crippen LogP contribution in [0.5, 0.6) is 0 Å². The zero-order valence-electron chi connectivity index (χ0n) is 40.0. The van der Waals surface area contributed by atoms with Gasteiger partial charge in [-0.25, -0.2) is 0 Å². The van der Waals surface area contributed by atoms with Gasteiger partial charge in [-0.2, -0.15) is 0 Å². The van der Waals surface area contributed by atoms with Gasteiger partial charge in [0, 0.05) is 105 Å². The van der Waals surface area contributed by atoms with E-state index in [1.165, 1.54) is 98.8 Å². The number of fused-ring (bicyclic) bond motifs is 9. The summed E-state index contributed by atoms with van der Waals surface area (Å²) in [6.07, 6.45) is 0. The predicted octanol–water partition coefficient (Wildman–Crippen LogP) is 14.0. The fourth-order valence-electron chi connectivity index (χ4n) is 10.9. The van der Waals surface area contributed by atoms with Crippen LogP contribution in [0.1, 0.15) is 41.5 Å². The Morgan fingerprint density at radius 2 is 0.530 bits per heavy atom. The van der Waals surface area contributed by atoms with Gasteiger partial charge in [0.15, 0.2) is 0 Å². The van der Waals surface area contributed by atoms with E-state index in [2.05, 4.69) is 216 Å². The van der Waals surface area contributed by atoms with E-state index >= 15 is 0 Å². The molecular weight excluding hydrogens is 805 g/mol. The second-order valence-electron chi connectivity index (χ2n) is 18.1. The quantitative estimate of drug-likeness (QED) is 0.0859. The van der Waals surface area contributed by atoms with Crippen LogP contribution in [0.3, 0.4) is 0 Å². The average Bonchev–Trinajstić information content (AvgIpc) is 3.99. The van der Waals surface area contributed by atoms with Crippen molar-refractivity contribution in [2.45, 2.75) is 61.2 Å². The van der Waals surface area contributed by atoms with Crippen molar-refractivity contribution in [3.63, 3.8) is 0 Å². The van der Waals surface area contributed by atoms with Crippen molar-refractivity contribution < 1.29 is 0 Å². The lowest BCUT2D eigenvalue weighted by Crippen LogP contribution is -2.26. The van der Waals surface area contributed by atoms with Gasteiger partial charge in [-0.1, -0.05) is 114 Å². The number of nitrogens with zero attached hydrogens (tertiary/aromatic N) is 6. The maximum absolute atomic E-state index is 2.54. The molecule has 3 heterocycles. The molecule has 336 valence electrons. The second kappa shape index (κ2) is 19.0. The number of hydrogen-bond acceptors (Lipinski definition) is 3. The molecule has 0 atom stereocenters. The van der Waals surface area contributed by atoms with E-state index < -0.39 is 0 Å². The van der Waals surface area contributed by atoms with Crippen LogP contribution >= 0.6 is 0 Å². The molecule has 10 rings (SSSR count). The molecule has 0 saturated heterocycles. The maximum Gasteiger partial charge on any atom is 0.0492 e. The minimum atomic E-state index is 0.966. The molecule has 0 bridgehead atoms. The van der Waals surface area contributed by atoms with Gasteiger partial charge in [0.1, 0.15) is 0 Å². The van der Waals surface area contributed by atoms with Gasteiger partial charge >= 0.3 is 0 Å². The van der Waals surface area contributed by atoms with Gasteiger partial charge in [-0.05, 0) is 145 Å². The minimum Gasteiger partial charge on any atom is -0.339 e. The molecule has 3 aromatic heterocycles. The first-order valence-corrected chi connectivity index (χ1v) is 24.8. The summed E-state index contributed by atoms with van der Waals surface area (Å²) in [7, 11) is 0. The molecule has 0 aliphatic carbocycles. The predicted molar refractivity (Wildman–Crippen MR) is 285 cm³/mol. The highest BCUT2D eigenvalue weighted by molar-refractivity contribution is 6.12. The minimum absolute atomic E-state index is 0.966. The van der Waals surface area contributed by atoms with Crippen molar-refractivity contribution in [2.24, 2.45) is 0 Å². The number of para-hydroxylation sites is 3. The summed E-state index contributed by atoms with van der Waals surface area (Å²) >= 11 is 0. The Morgan fingerprint density at radius 1 is 0.273 bits per heavy atom. The second-order valence-corrected chi connectivity index (χ2v) is 18.1. The summed E-state index contributed by atoms with van der Waals surface area (Å²) < 4.78 is 7.61. The summed E-state index contributed by atoms with van der Waals surface area (Å²) in [5.74, 6) is 0. The Balaban J connectivity index is 1.14. The van der Waals surface area contributed by atoms with Crippen molar-refractivity contribution in [2.75, 3.05) is 58.9 Å². The number of aromatic nitrogens is 3. The summed E-state index contributed by atoms with van der Waals surface area (Å²) in [4.78, 5) is 7.56. The van der Waals surface area contributed by atoms with Crippen LogP contribution in [0.2, 0.25) is 0 Å². The van der Waals surface area contributed by atoms with E-state index in [0.717, 1.165) is 78.5 Å².